The molecule has 12 bridgehead atoms. The predicted molar refractivity (Wildman–Crippen MR) is 343 cm³/mol. The lowest BCUT2D eigenvalue weighted by atomic mass is 10.1. The highest BCUT2D eigenvalue weighted by molar-refractivity contribution is 6.07. The molecule has 4 aliphatic heterocycles. The predicted octanol–water partition coefficient (Wildman–Crippen LogP) is 1.97. The minimum Gasteiger partial charge on any atom is -0.495 e. The summed E-state index contributed by atoms with van der Waals surface area (Å²) in [5, 5.41) is 26.9. The molecule has 0 saturated carbocycles. The van der Waals surface area contributed by atoms with Crippen LogP contribution in [0.25, 0.3) is 0 Å². The zero-order chi connectivity index (χ0) is 66.2. The third-order valence-corrected chi connectivity index (χ3v) is 15.8. The maximum atomic E-state index is 14.4. The zero-order valence-corrected chi connectivity index (χ0v) is 53.8. The van der Waals surface area contributed by atoms with Crippen LogP contribution in [0.5, 0.6) is 23.0 Å². The SMILES string of the molecule is COc1c2cccc1C(=O)NCCN1CCNC(=O)c3cccc(c3OC)C(=O)NCCN(CCNC2=O)CCN2CCNC(=O)c3cccc(c3OC)C(=O)NCCN(CCNC(=O)c3cccc(c3OC)C(=O)NCC2)C(CCCCNC(=O)OC(C)(C)C)C1. The Morgan fingerprint density at radius 3 is 0.924 bits per heavy atom. The Bertz CT molecular complexity index is 3070. The lowest BCUT2D eigenvalue weighted by molar-refractivity contribution is 0.0524. The van der Waals surface area contributed by atoms with Crippen molar-refractivity contribution in [3.05, 3.63) is 117 Å². The Labute approximate surface area is 537 Å². The number of methoxy groups -OCH3 is 4. The average molecular weight is 1280 g/mol. The van der Waals surface area contributed by atoms with E-state index in [0.29, 0.717) is 32.4 Å². The highest BCUT2D eigenvalue weighted by Crippen LogP contribution is 2.28. The van der Waals surface area contributed by atoms with Gasteiger partial charge in [0, 0.05) is 137 Å². The molecule has 498 valence electrons. The van der Waals surface area contributed by atoms with Crippen LogP contribution in [-0.4, -0.2) is 244 Å². The normalized spacial score (nSPS) is 20.9. The zero-order valence-electron chi connectivity index (χ0n) is 53.8. The summed E-state index contributed by atoms with van der Waals surface area (Å²) in [7, 11) is 5.53. The molecule has 4 aliphatic rings. The van der Waals surface area contributed by atoms with Crippen molar-refractivity contribution in [1.29, 1.82) is 0 Å². The summed E-state index contributed by atoms with van der Waals surface area (Å²) in [6.07, 6.45) is 0.988. The van der Waals surface area contributed by atoms with Crippen molar-refractivity contribution in [1.82, 2.24) is 67.5 Å². The first-order valence-corrected chi connectivity index (χ1v) is 31.2. The van der Waals surface area contributed by atoms with Gasteiger partial charge >= 0.3 is 6.09 Å². The molecule has 1 unspecified atom stereocenters. The van der Waals surface area contributed by atoms with Crippen LogP contribution in [0.1, 0.15) is 123 Å². The van der Waals surface area contributed by atoms with Crippen LogP contribution in [0.3, 0.4) is 0 Å². The van der Waals surface area contributed by atoms with E-state index in [9.17, 15) is 43.2 Å². The minimum atomic E-state index is -0.721. The molecule has 27 nitrogen and oxygen atoms in total. The molecule has 0 fully saturated rings. The maximum Gasteiger partial charge on any atom is 0.407 e. The molecule has 4 heterocycles. The van der Waals surface area contributed by atoms with E-state index in [1.807, 2.05) is 9.80 Å². The van der Waals surface area contributed by atoms with E-state index in [0.717, 1.165) is 0 Å². The molecule has 0 aliphatic carbocycles. The lowest BCUT2D eigenvalue weighted by Gasteiger charge is -2.36. The van der Waals surface area contributed by atoms with Crippen molar-refractivity contribution >= 4 is 53.4 Å². The summed E-state index contributed by atoms with van der Waals surface area (Å²) >= 11 is 0. The first kappa shape index (κ1) is 70.4. The Hall–Kier alpha value is -9.05. The highest BCUT2D eigenvalue weighted by Gasteiger charge is 2.29. The monoisotopic (exact) mass is 1280 g/mol. The number of para-hydroxylation sites is 4. The molecule has 0 saturated heterocycles. The summed E-state index contributed by atoms with van der Waals surface area (Å²) in [5.74, 6) is -3.75. The van der Waals surface area contributed by atoms with Crippen molar-refractivity contribution in [3.63, 3.8) is 0 Å². The highest BCUT2D eigenvalue weighted by atomic mass is 16.6. The van der Waals surface area contributed by atoms with Crippen molar-refractivity contribution in [3.8, 4) is 23.0 Å². The Morgan fingerprint density at radius 1 is 0.402 bits per heavy atom. The summed E-state index contributed by atoms with van der Waals surface area (Å²) in [5.41, 5.74) is 0.257. The molecule has 0 aromatic heterocycles. The van der Waals surface area contributed by atoms with E-state index in [1.54, 1.807) is 93.6 Å². The molecule has 9 amide bonds. The van der Waals surface area contributed by atoms with Gasteiger partial charge in [0.05, 0.1) is 72.9 Å². The number of unbranched alkanes of at least 4 members (excludes halogenated alkanes) is 1. The molecule has 8 rings (SSSR count). The quantitative estimate of drug-likeness (QED) is 0.108. The van der Waals surface area contributed by atoms with Gasteiger partial charge in [-0.15, -0.1) is 0 Å². The lowest BCUT2D eigenvalue weighted by Crippen LogP contribution is -2.51. The smallest absolute Gasteiger partial charge is 0.407 e. The van der Waals surface area contributed by atoms with E-state index in [4.69, 9.17) is 23.7 Å². The van der Waals surface area contributed by atoms with E-state index in [2.05, 4.69) is 57.7 Å². The number of hydrogen-bond acceptors (Lipinski definition) is 18. The maximum absolute atomic E-state index is 14.4. The van der Waals surface area contributed by atoms with Gasteiger partial charge in [0.15, 0.2) is 0 Å². The number of ether oxygens (including phenoxy) is 5. The summed E-state index contributed by atoms with van der Waals surface area (Å²) < 4.78 is 28.6. The molecule has 1 atom stereocenters. The topological polar surface area (TPSA) is 321 Å². The fourth-order valence-electron chi connectivity index (χ4n) is 11.2. The second kappa shape index (κ2) is 35.0. The molecule has 0 radical (unpaired) electrons. The number of fused-ring (bicyclic) bond motifs is 16. The Morgan fingerprint density at radius 2 is 0.663 bits per heavy atom. The number of nitrogens with one attached hydrogen (secondary N) is 9. The number of alkyl carbamates (subject to hydrolysis) is 1. The molecular formula is C65H89N13O14. The van der Waals surface area contributed by atoms with Gasteiger partial charge in [-0.3, -0.25) is 58.0 Å². The number of benzene rings is 4. The first-order valence-electron chi connectivity index (χ1n) is 31.2. The van der Waals surface area contributed by atoms with Gasteiger partial charge < -0.3 is 71.5 Å². The van der Waals surface area contributed by atoms with Crippen LogP contribution in [0.4, 0.5) is 4.79 Å². The van der Waals surface area contributed by atoms with Gasteiger partial charge in [0.1, 0.15) is 28.6 Å². The molecule has 0 spiro atoms. The van der Waals surface area contributed by atoms with Crippen LogP contribution in [0.15, 0.2) is 72.8 Å². The largest absolute Gasteiger partial charge is 0.495 e. The van der Waals surface area contributed by atoms with Crippen LogP contribution < -0.4 is 66.8 Å². The van der Waals surface area contributed by atoms with Gasteiger partial charge in [-0.05, 0) is 82.1 Å². The van der Waals surface area contributed by atoms with Crippen molar-refractivity contribution in [2.24, 2.45) is 0 Å². The second-order valence-corrected chi connectivity index (χ2v) is 23.2. The Balaban J connectivity index is 1.37. The van der Waals surface area contributed by atoms with E-state index in [-0.39, 0.29) is 185 Å². The minimum absolute atomic E-state index is 0.0608. The summed E-state index contributed by atoms with van der Waals surface area (Å²) in [6, 6.07) is 18.5. The first-order chi connectivity index (χ1) is 44.3. The van der Waals surface area contributed by atoms with Crippen molar-refractivity contribution in [2.75, 3.05) is 159 Å². The van der Waals surface area contributed by atoms with E-state index in [1.165, 1.54) is 28.4 Å². The third kappa shape index (κ3) is 20.0. The van der Waals surface area contributed by atoms with E-state index >= 15 is 0 Å². The van der Waals surface area contributed by atoms with Crippen LogP contribution in [-0.2, 0) is 4.74 Å². The average Bonchev–Trinajstić information content (AvgIpc) is 0.969. The molecule has 27 heteroatoms. The summed E-state index contributed by atoms with van der Waals surface area (Å²) in [4.78, 5) is 135. The molecule has 92 heavy (non-hydrogen) atoms. The third-order valence-electron chi connectivity index (χ3n) is 15.8. The molecule has 4 aromatic rings. The number of carbonyl (C=O) groups is 9. The molecule has 9 N–H and O–H groups in total. The molecule has 4 aromatic carbocycles. The fourth-order valence-corrected chi connectivity index (χ4v) is 11.2. The fraction of sp³-hybridized carbons (Fsp3) is 0.492. The van der Waals surface area contributed by atoms with Gasteiger partial charge in [0.2, 0.25) is 0 Å². The summed E-state index contributed by atoms with van der Waals surface area (Å²) in [6.45, 7) is 9.12. The standard InChI is InChI=1S/C65H89N13O14/c1-65(2,3)92-64(87)74-23-9-8-14-43-42-77-36-28-70-60(83)48-19-10-15-44(52(48)88-4)56(79)66-24-32-75(33-25-67-57(80)45-16-11-20-49(53(45)89-5)61(84)71-29-37-77)40-41-76-34-26-68-58(81)46-17-12-21-50(54(46)90-6)62(85)72-30-38-78(43)39-31-73-63(86)51-22-13-18-47(55(51)91-7)59(82)69-27-35-76/h10-13,15-22,43H,8-9,14,23-42H2,1-7H3,(H,66,79)(H,67,80)(H,68,81)(H,69,82)(H,70,83)(H,71,84)(H,72,85)(H,73,86)(H,74,87). The van der Waals surface area contributed by atoms with Gasteiger partial charge in [-0.25, -0.2) is 4.79 Å². The van der Waals surface area contributed by atoms with Gasteiger partial charge in [0.25, 0.3) is 47.3 Å². The van der Waals surface area contributed by atoms with Gasteiger partial charge in [-0.2, -0.15) is 0 Å². The van der Waals surface area contributed by atoms with Crippen LogP contribution in [0, 0.1) is 0 Å². The number of rotatable bonds is 9. The van der Waals surface area contributed by atoms with Crippen molar-refractivity contribution < 1.29 is 66.8 Å². The second-order valence-electron chi connectivity index (χ2n) is 23.2. The van der Waals surface area contributed by atoms with Crippen molar-refractivity contribution in [2.45, 2.75) is 51.7 Å². The number of nitrogens with zero attached hydrogens (tertiary/aromatic N) is 4. The number of hydrogen-bond donors (Lipinski definition) is 9. The van der Waals surface area contributed by atoms with Crippen LogP contribution in [0.2, 0.25) is 0 Å². The van der Waals surface area contributed by atoms with Crippen LogP contribution >= 0.6 is 0 Å². The number of amides is 9. The molecular weight excluding hydrogens is 1190 g/mol. The Kier molecular flexibility index (Phi) is 26.8. The van der Waals surface area contributed by atoms with Gasteiger partial charge in [-0.1, -0.05) is 30.7 Å². The number of carbonyl (C=O) groups excluding carboxylic acids is 9. The van der Waals surface area contributed by atoms with E-state index < -0.39 is 65.0 Å².